The smallest absolute Gasteiger partial charge is 0.227 e. The normalized spacial score (nSPS) is 22.5. The highest BCUT2D eigenvalue weighted by Crippen LogP contribution is 2.32. The van der Waals surface area contributed by atoms with E-state index in [2.05, 4.69) is 22.5 Å². The van der Waals surface area contributed by atoms with E-state index >= 15 is 0 Å². The van der Waals surface area contributed by atoms with E-state index < -0.39 is 0 Å². The van der Waals surface area contributed by atoms with Crippen LogP contribution < -0.4 is 10.6 Å². The Morgan fingerprint density at radius 1 is 1.55 bits per heavy atom. The van der Waals surface area contributed by atoms with Gasteiger partial charge in [0.2, 0.25) is 5.91 Å². The number of nitrogens with zero attached hydrogens (tertiary/aromatic N) is 1. The molecule has 4 heteroatoms. The van der Waals surface area contributed by atoms with E-state index in [4.69, 9.17) is 0 Å². The molecule has 110 valence electrons. The molecule has 0 bridgehead atoms. The summed E-state index contributed by atoms with van der Waals surface area (Å²) in [6, 6.07) is 1.97. The van der Waals surface area contributed by atoms with E-state index in [1.165, 1.54) is 0 Å². The fraction of sp³-hybridized carbons (Fsp3) is 0.625. The van der Waals surface area contributed by atoms with Crippen molar-refractivity contribution in [1.29, 1.82) is 0 Å². The van der Waals surface area contributed by atoms with Gasteiger partial charge < -0.3 is 10.6 Å². The van der Waals surface area contributed by atoms with Gasteiger partial charge in [-0.3, -0.25) is 9.78 Å². The summed E-state index contributed by atoms with van der Waals surface area (Å²) in [6.45, 7) is 6.61. The lowest BCUT2D eigenvalue weighted by Gasteiger charge is -2.36. The molecular weight excluding hydrogens is 250 g/mol. The van der Waals surface area contributed by atoms with Crippen molar-refractivity contribution in [3.63, 3.8) is 0 Å². The zero-order valence-electron chi connectivity index (χ0n) is 12.5. The molecule has 0 radical (unpaired) electrons. The summed E-state index contributed by atoms with van der Waals surface area (Å²) < 4.78 is 0. The van der Waals surface area contributed by atoms with Crippen molar-refractivity contribution < 1.29 is 4.79 Å². The summed E-state index contributed by atoms with van der Waals surface area (Å²) in [7, 11) is 0. The van der Waals surface area contributed by atoms with Crippen LogP contribution in [0.1, 0.15) is 43.7 Å². The van der Waals surface area contributed by atoms with E-state index in [-0.39, 0.29) is 11.3 Å². The van der Waals surface area contributed by atoms with Crippen LogP contribution in [0.15, 0.2) is 18.5 Å². The first kappa shape index (κ1) is 15.0. The minimum absolute atomic E-state index is 0.197. The summed E-state index contributed by atoms with van der Waals surface area (Å²) >= 11 is 0. The van der Waals surface area contributed by atoms with Gasteiger partial charge in [0.15, 0.2) is 0 Å². The summed E-state index contributed by atoms with van der Waals surface area (Å²) in [5.74, 6) is 0.197. The predicted octanol–water partition coefficient (Wildman–Crippen LogP) is 2.18. The second kappa shape index (κ2) is 6.84. The van der Waals surface area contributed by atoms with Crippen LogP contribution in [0.2, 0.25) is 0 Å². The van der Waals surface area contributed by atoms with Crippen molar-refractivity contribution in [2.24, 2.45) is 5.41 Å². The maximum Gasteiger partial charge on any atom is 0.227 e. The van der Waals surface area contributed by atoms with Crippen molar-refractivity contribution in [1.82, 2.24) is 15.6 Å². The van der Waals surface area contributed by atoms with Gasteiger partial charge in [-0.15, -0.1) is 0 Å². The third kappa shape index (κ3) is 3.37. The molecule has 20 heavy (non-hydrogen) atoms. The number of carbonyl (C=O) groups excluding carboxylic acids is 1. The number of nitrogens with one attached hydrogen (secondary N) is 2. The third-order valence-corrected chi connectivity index (χ3v) is 4.26. The molecule has 1 saturated heterocycles. The second-order valence-electron chi connectivity index (χ2n) is 5.80. The maximum absolute atomic E-state index is 12.6. The van der Waals surface area contributed by atoms with Crippen molar-refractivity contribution in [3.05, 3.63) is 29.6 Å². The lowest BCUT2D eigenvalue weighted by atomic mass is 9.76. The van der Waals surface area contributed by atoms with E-state index in [9.17, 15) is 4.79 Å². The van der Waals surface area contributed by atoms with Crippen LogP contribution in [-0.2, 0) is 11.3 Å². The quantitative estimate of drug-likeness (QED) is 0.866. The van der Waals surface area contributed by atoms with Crippen molar-refractivity contribution >= 4 is 5.91 Å². The van der Waals surface area contributed by atoms with Crippen molar-refractivity contribution in [3.8, 4) is 0 Å². The van der Waals surface area contributed by atoms with Crippen LogP contribution in [0.3, 0.4) is 0 Å². The summed E-state index contributed by atoms with van der Waals surface area (Å²) in [4.78, 5) is 16.7. The molecule has 1 amide bonds. The minimum Gasteiger partial charge on any atom is -0.351 e. The Morgan fingerprint density at radius 3 is 3.05 bits per heavy atom. The molecule has 2 heterocycles. The first-order valence-corrected chi connectivity index (χ1v) is 7.56. The molecule has 1 fully saturated rings. The molecule has 1 unspecified atom stereocenters. The van der Waals surface area contributed by atoms with Gasteiger partial charge in [0, 0.05) is 25.5 Å². The molecule has 2 rings (SSSR count). The molecule has 1 aromatic rings. The van der Waals surface area contributed by atoms with Crippen molar-refractivity contribution in [2.75, 3.05) is 13.1 Å². The van der Waals surface area contributed by atoms with Crippen LogP contribution >= 0.6 is 0 Å². The molecule has 0 spiro atoms. The van der Waals surface area contributed by atoms with Crippen LogP contribution in [-0.4, -0.2) is 24.0 Å². The highest BCUT2D eigenvalue weighted by molar-refractivity contribution is 5.83. The number of amides is 1. The first-order chi connectivity index (χ1) is 9.68. The maximum atomic E-state index is 12.6. The van der Waals surface area contributed by atoms with Gasteiger partial charge >= 0.3 is 0 Å². The fourth-order valence-corrected chi connectivity index (χ4v) is 3.03. The van der Waals surface area contributed by atoms with Gasteiger partial charge in [-0.25, -0.2) is 0 Å². The van der Waals surface area contributed by atoms with E-state index in [0.717, 1.165) is 49.9 Å². The monoisotopic (exact) mass is 275 g/mol. The van der Waals surface area contributed by atoms with Gasteiger partial charge in [-0.05, 0) is 49.9 Å². The zero-order valence-corrected chi connectivity index (χ0v) is 12.5. The standard InChI is InChI=1S/C16H25N3O/c1-3-6-16(7-4-8-18-12-16)15(20)19-11-14-5-9-17-10-13(14)2/h5,9-10,18H,3-4,6-8,11-12H2,1-2H3,(H,19,20). The Labute approximate surface area is 121 Å². The third-order valence-electron chi connectivity index (χ3n) is 4.26. The number of hydrogen-bond donors (Lipinski definition) is 2. The molecule has 1 aliphatic rings. The molecule has 0 saturated carbocycles. The Hall–Kier alpha value is -1.42. The highest BCUT2D eigenvalue weighted by atomic mass is 16.2. The number of carbonyl (C=O) groups is 1. The average Bonchev–Trinajstić information content (AvgIpc) is 2.47. The molecule has 1 atom stereocenters. The number of aromatic nitrogens is 1. The Morgan fingerprint density at radius 2 is 2.40 bits per heavy atom. The number of hydrogen-bond acceptors (Lipinski definition) is 3. The zero-order chi connectivity index (χ0) is 14.4. The van der Waals surface area contributed by atoms with Crippen LogP contribution in [0.5, 0.6) is 0 Å². The summed E-state index contributed by atoms with van der Waals surface area (Å²) in [5, 5.41) is 6.51. The number of piperidine rings is 1. The predicted molar refractivity (Wildman–Crippen MR) is 80.3 cm³/mol. The Balaban J connectivity index is 2.00. The van der Waals surface area contributed by atoms with E-state index in [1.807, 2.05) is 19.2 Å². The number of aryl methyl sites for hydroxylation is 1. The van der Waals surface area contributed by atoms with Crippen LogP contribution in [0.4, 0.5) is 0 Å². The number of rotatable bonds is 5. The van der Waals surface area contributed by atoms with Gasteiger partial charge in [0.1, 0.15) is 0 Å². The molecular formula is C16H25N3O. The lowest BCUT2D eigenvalue weighted by Crippen LogP contribution is -2.50. The second-order valence-corrected chi connectivity index (χ2v) is 5.80. The SMILES string of the molecule is CCCC1(C(=O)NCc2ccncc2C)CCCNC1. The molecule has 1 aromatic heterocycles. The highest BCUT2D eigenvalue weighted by Gasteiger charge is 2.38. The van der Waals surface area contributed by atoms with Crippen LogP contribution in [0, 0.1) is 12.3 Å². The molecule has 0 aromatic carbocycles. The van der Waals surface area contributed by atoms with Gasteiger partial charge in [0.25, 0.3) is 0 Å². The molecule has 1 aliphatic heterocycles. The Kier molecular flexibility index (Phi) is 5.12. The average molecular weight is 275 g/mol. The minimum atomic E-state index is -0.214. The van der Waals surface area contributed by atoms with E-state index in [1.54, 1.807) is 6.20 Å². The first-order valence-electron chi connectivity index (χ1n) is 7.56. The lowest BCUT2D eigenvalue weighted by molar-refractivity contribution is -0.132. The Bertz CT molecular complexity index is 447. The van der Waals surface area contributed by atoms with Crippen LogP contribution in [0.25, 0.3) is 0 Å². The number of pyridine rings is 1. The topological polar surface area (TPSA) is 54.0 Å². The molecule has 0 aliphatic carbocycles. The van der Waals surface area contributed by atoms with E-state index in [0.29, 0.717) is 6.54 Å². The molecule has 4 nitrogen and oxygen atoms in total. The van der Waals surface area contributed by atoms with Gasteiger partial charge in [-0.2, -0.15) is 0 Å². The largest absolute Gasteiger partial charge is 0.351 e. The van der Waals surface area contributed by atoms with Gasteiger partial charge in [0.05, 0.1) is 5.41 Å². The van der Waals surface area contributed by atoms with Crippen molar-refractivity contribution in [2.45, 2.75) is 46.1 Å². The fourth-order valence-electron chi connectivity index (χ4n) is 3.03. The summed E-state index contributed by atoms with van der Waals surface area (Å²) in [6.07, 6.45) is 7.70. The molecule has 2 N–H and O–H groups in total. The summed E-state index contributed by atoms with van der Waals surface area (Å²) in [5.41, 5.74) is 2.05. The van der Waals surface area contributed by atoms with Gasteiger partial charge in [-0.1, -0.05) is 13.3 Å².